The van der Waals surface area contributed by atoms with Gasteiger partial charge in [-0.3, -0.25) is 19.9 Å². The molecule has 7 heteroatoms. The Morgan fingerprint density at radius 1 is 1.26 bits per heavy atom. The van der Waals surface area contributed by atoms with Crippen LogP contribution in [0.1, 0.15) is 47.2 Å². The first-order valence-electron chi connectivity index (χ1n) is 9.24. The molecule has 0 saturated heterocycles. The van der Waals surface area contributed by atoms with Gasteiger partial charge < -0.3 is 4.84 Å². The number of oxime groups is 1. The molecule has 0 saturated carbocycles. The molecule has 0 fully saturated rings. The Hall–Kier alpha value is -2.96. The summed E-state index contributed by atoms with van der Waals surface area (Å²) in [5.74, 6) is -0.188. The Morgan fingerprint density at radius 3 is 2.93 bits per heavy atom. The fourth-order valence-electron chi connectivity index (χ4n) is 3.58. The maximum absolute atomic E-state index is 12.6. The standard InChI is InChI=1S/C20H22N4O3/c1-11-7-8-12(2)14(9-11)16-10-17(27-24-16)19(26)23-20-21-15-6-4-3-5-13(15)18(25)22-20/h7-9,17H,3-6,10H2,1-2H3,(H2,21,22,23,25,26). The minimum absolute atomic E-state index is 0.172. The van der Waals surface area contributed by atoms with Gasteiger partial charge in [-0.15, -0.1) is 0 Å². The summed E-state index contributed by atoms with van der Waals surface area (Å²) in [4.78, 5) is 37.2. The maximum Gasteiger partial charge on any atom is 0.271 e. The van der Waals surface area contributed by atoms with E-state index in [1.165, 1.54) is 0 Å². The van der Waals surface area contributed by atoms with Gasteiger partial charge in [0, 0.05) is 17.5 Å². The Labute approximate surface area is 156 Å². The first-order chi connectivity index (χ1) is 13.0. The van der Waals surface area contributed by atoms with Crippen LogP contribution in [-0.2, 0) is 22.5 Å². The van der Waals surface area contributed by atoms with Gasteiger partial charge in [-0.1, -0.05) is 22.9 Å². The highest BCUT2D eigenvalue weighted by molar-refractivity contribution is 6.06. The maximum atomic E-state index is 12.6. The second kappa shape index (κ2) is 6.98. The van der Waals surface area contributed by atoms with Crippen LogP contribution in [-0.4, -0.2) is 27.7 Å². The lowest BCUT2D eigenvalue weighted by molar-refractivity contribution is -0.125. The number of carbonyl (C=O) groups excluding carboxylic acids is 1. The van der Waals surface area contributed by atoms with Crippen molar-refractivity contribution in [2.45, 2.75) is 52.1 Å². The molecule has 2 N–H and O–H groups in total. The molecule has 2 aliphatic rings. The van der Waals surface area contributed by atoms with Crippen molar-refractivity contribution in [1.82, 2.24) is 9.97 Å². The predicted molar refractivity (Wildman–Crippen MR) is 102 cm³/mol. The van der Waals surface area contributed by atoms with E-state index in [9.17, 15) is 9.59 Å². The molecule has 0 spiro atoms. The zero-order valence-corrected chi connectivity index (χ0v) is 15.5. The zero-order chi connectivity index (χ0) is 19.0. The summed E-state index contributed by atoms with van der Waals surface area (Å²) in [6.45, 7) is 4.02. The number of carbonyl (C=O) groups is 1. The van der Waals surface area contributed by atoms with Crippen LogP contribution in [0.15, 0.2) is 28.1 Å². The average molecular weight is 366 g/mol. The van der Waals surface area contributed by atoms with Crippen molar-refractivity contribution in [2.75, 3.05) is 5.32 Å². The largest absolute Gasteiger partial charge is 0.382 e. The molecule has 140 valence electrons. The third-order valence-corrected chi connectivity index (χ3v) is 5.10. The van der Waals surface area contributed by atoms with Gasteiger partial charge >= 0.3 is 0 Å². The SMILES string of the molecule is Cc1ccc(C)c(C2=NOC(C(=O)Nc3nc4c(c(=O)[nH]3)CCCC4)C2)c1. The molecule has 1 aliphatic heterocycles. The van der Waals surface area contributed by atoms with Gasteiger partial charge in [0.25, 0.3) is 11.5 Å². The number of amides is 1. The molecule has 27 heavy (non-hydrogen) atoms. The molecule has 0 bridgehead atoms. The van der Waals surface area contributed by atoms with Gasteiger partial charge in [-0.2, -0.15) is 0 Å². The van der Waals surface area contributed by atoms with E-state index >= 15 is 0 Å². The van der Waals surface area contributed by atoms with Crippen LogP contribution in [0.25, 0.3) is 0 Å². The average Bonchev–Trinajstić information content (AvgIpc) is 3.14. The number of H-pyrrole nitrogens is 1. The van der Waals surface area contributed by atoms with Crippen LogP contribution < -0.4 is 10.9 Å². The monoisotopic (exact) mass is 366 g/mol. The fraction of sp³-hybridized carbons (Fsp3) is 0.400. The Kier molecular flexibility index (Phi) is 4.51. The fourth-order valence-corrected chi connectivity index (χ4v) is 3.58. The molecule has 2 heterocycles. The van der Waals surface area contributed by atoms with Crippen LogP contribution in [0.5, 0.6) is 0 Å². The summed E-state index contributed by atoms with van der Waals surface area (Å²) in [6, 6.07) is 6.11. The van der Waals surface area contributed by atoms with Gasteiger partial charge in [-0.05, 0) is 51.2 Å². The lowest BCUT2D eigenvalue weighted by Gasteiger charge is -2.15. The van der Waals surface area contributed by atoms with E-state index in [4.69, 9.17) is 4.84 Å². The quantitative estimate of drug-likeness (QED) is 0.872. The molecule has 1 aromatic carbocycles. The van der Waals surface area contributed by atoms with Gasteiger partial charge in [0.2, 0.25) is 12.1 Å². The number of hydrogen-bond donors (Lipinski definition) is 2. The zero-order valence-electron chi connectivity index (χ0n) is 15.5. The second-order valence-electron chi connectivity index (χ2n) is 7.19. The predicted octanol–water partition coefficient (Wildman–Crippen LogP) is 2.40. The highest BCUT2D eigenvalue weighted by Crippen LogP contribution is 2.22. The van der Waals surface area contributed by atoms with Crippen molar-refractivity contribution in [3.8, 4) is 0 Å². The Bertz CT molecular complexity index is 993. The molecule has 7 nitrogen and oxygen atoms in total. The summed E-state index contributed by atoms with van der Waals surface area (Å²) in [7, 11) is 0. The van der Waals surface area contributed by atoms with Crippen LogP contribution in [0.3, 0.4) is 0 Å². The first kappa shape index (κ1) is 17.5. The lowest BCUT2D eigenvalue weighted by Crippen LogP contribution is -2.31. The van der Waals surface area contributed by atoms with Crippen LogP contribution in [0.2, 0.25) is 0 Å². The third kappa shape index (κ3) is 3.49. The van der Waals surface area contributed by atoms with Crippen molar-refractivity contribution >= 4 is 17.6 Å². The van der Waals surface area contributed by atoms with E-state index in [1.807, 2.05) is 32.0 Å². The summed E-state index contributed by atoms with van der Waals surface area (Å²) in [5, 5.41) is 6.77. The molecule has 2 aromatic rings. The molecule has 4 rings (SSSR count). The molecule has 1 aromatic heterocycles. The summed E-state index contributed by atoms with van der Waals surface area (Å²) < 4.78 is 0. The number of aromatic amines is 1. The van der Waals surface area contributed by atoms with E-state index in [1.54, 1.807) is 0 Å². The van der Waals surface area contributed by atoms with Crippen LogP contribution in [0, 0.1) is 13.8 Å². The van der Waals surface area contributed by atoms with E-state index in [0.717, 1.165) is 59.3 Å². The molecule has 1 amide bonds. The van der Waals surface area contributed by atoms with Gasteiger partial charge in [0.15, 0.2) is 0 Å². The number of fused-ring (bicyclic) bond motifs is 1. The van der Waals surface area contributed by atoms with Crippen molar-refractivity contribution in [3.05, 3.63) is 56.5 Å². The minimum atomic E-state index is -0.735. The molecule has 1 aliphatic carbocycles. The normalized spacial score (nSPS) is 18.4. The number of nitrogens with zero attached hydrogens (tertiary/aromatic N) is 2. The van der Waals surface area contributed by atoms with Crippen molar-refractivity contribution in [1.29, 1.82) is 0 Å². The van der Waals surface area contributed by atoms with Gasteiger partial charge in [-0.25, -0.2) is 4.98 Å². The van der Waals surface area contributed by atoms with Crippen LogP contribution >= 0.6 is 0 Å². The molecule has 0 radical (unpaired) electrons. The van der Waals surface area contributed by atoms with Crippen molar-refractivity contribution in [3.63, 3.8) is 0 Å². The van der Waals surface area contributed by atoms with E-state index < -0.39 is 6.10 Å². The highest BCUT2D eigenvalue weighted by Gasteiger charge is 2.30. The van der Waals surface area contributed by atoms with Crippen molar-refractivity contribution < 1.29 is 9.63 Å². The number of benzene rings is 1. The number of nitrogens with one attached hydrogen (secondary N) is 2. The molecule has 1 atom stereocenters. The first-order valence-corrected chi connectivity index (χ1v) is 9.24. The summed E-state index contributed by atoms with van der Waals surface area (Å²) >= 11 is 0. The van der Waals surface area contributed by atoms with Crippen LogP contribution in [0.4, 0.5) is 5.95 Å². The Balaban J connectivity index is 1.47. The Morgan fingerprint density at radius 2 is 2.07 bits per heavy atom. The lowest BCUT2D eigenvalue weighted by atomic mass is 9.97. The topological polar surface area (TPSA) is 96.4 Å². The molecule has 1 unspecified atom stereocenters. The molecular formula is C20H22N4O3. The third-order valence-electron chi connectivity index (χ3n) is 5.10. The summed E-state index contributed by atoms with van der Waals surface area (Å²) in [6.07, 6.45) is 3.16. The van der Waals surface area contributed by atoms with E-state index in [2.05, 4.69) is 20.4 Å². The van der Waals surface area contributed by atoms with Gasteiger partial charge in [0.05, 0.1) is 11.4 Å². The minimum Gasteiger partial charge on any atom is -0.382 e. The number of hydrogen-bond acceptors (Lipinski definition) is 5. The summed E-state index contributed by atoms with van der Waals surface area (Å²) in [5.41, 5.74) is 5.30. The number of anilines is 1. The van der Waals surface area contributed by atoms with Crippen molar-refractivity contribution in [2.24, 2.45) is 5.16 Å². The van der Waals surface area contributed by atoms with Gasteiger partial charge in [0.1, 0.15) is 0 Å². The van der Waals surface area contributed by atoms with E-state index in [-0.39, 0.29) is 17.4 Å². The van der Waals surface area contributed by atoms with E-state index in [0.29, 0.717) is 6.42 Å². The number of aromatic nitrogens is 2. The highest BCUT2D eigenvalue weighted by atomic mass is 16.6. The smallest absolute Gasteiger partial charge is 0.271 e. The molecular weight excluding hydrogens is 344 g/mol. The number of rotatable bonds is 3. The second-order valence-corrected chi connectivity index (χ2v) is 7.19. The number of aryl methyl sites for hydroxylation is 3.